The summed E-state index contributed by atoms with van der Waals surface area (Å²) < 4.78 is 11.3. The predicted octanol–water partition coefficient (Wildman–Crippen LogP) is 3.27. The first-order valence-electron chi connectivity index (χ1n) is 7.76. The van der Waals surface area contributed by atoms with E-state index in [2.05, 4.69) is 5.32 Å². The van der Waals surface area contributed by atoms with Crippen molar-refractivity contribution in [2.45, 2.75) is 26.9 Å². The van der Waals surface area contributed by atoms with Crippen molar-refractivity contribution in [3.8, 4) is 11.5 Å². The summed E-state index contributed by atoms with van der Waals surface area (Å²) in [7, 11) is 0. The fourth-order valence-corrected chi connectivity index (χ4v) is 2.10. The van der Waals surface area contributed by atoms with Crippen LogP contribution in [0.4, 0.5) is 0 Å². The summed E-state index contributed by atoms with van der Waals surface area (Å²) in [6, 6.07) is 15.4. The molecule has 4 heteroatoms. The van der Waals surface area contributed by atoms with Gasteiger partial charge in [0.25, 0.3) is 5.91 Å². The molecule has 0 unspecified atom stereocenters. The second kappa shape index (κ2) is 8.22. The number of carbonyl (C=O) groups excluding carboxylic acids is 1. The number of ether oxygens (including phenoxy) is 2. The second-order valence-electron chi connectivity index (χ2n) is 5.48. The molecule has 4 nitrogen and oxygen atoms in total. The van der Waals surface area contributed by atoms with Crippen LogP contribution >= 0.6 is 0 Å². The van der Waals surface area contributed by atoms with E-state index in [0.717, 1.165) is 16.9 Å². The van der Waals surface area contributed by atoms with E-state index in [0.29, 0.717) is 18.9 Å². The van der Waals surface area contributed by atoms with Crippen molar-refractivity contribution in [2.75, 3.05) is 13.2 Å². The maximum Gasteiger partial charge on any atom is 0.260 e. The molecule has 0 spiro atoms. The molecular weight excluding hydrogens is 290 g/mol. The summed E-state index contributed by atoms with van der Waals surface area (Å²) in [5.41, 5.74) is 2.24. The van der Waals surface area contributed by atoms with Crippen LogP contribution in [0.25, 0.3) is 0 Å². The van der Waals surface area contributed by atoms with E-state index < -0.39 is 6.10 Å². The molecule has 1 amide bonds. The van der Waals surface area contributed by atoms with Crippen LogP contribution in [0.3, 0.4) is 0 Å². The number of aryl methyl sites for hydroxylation is 2. The summed E-state index contributed by atoms with van der Waals surface area (Å²) >= 11 is 0. The number of hydrogen-bond acceptors (Lipinski definition) is 3. The number of amides is 1. The van der Waals surface area contributed by atoms with Gasteiger partial charge in [-0.15, -0.1) is 0 Å². The minimum Gasteiger partial charge on any atom is -0.491 e. The third-order valence-corrected chi connectivity index (χ3v) is 3.43. The third kappa shape index (κ3) is 5.33. The van der Waals surface area contributed by atoms with Gasteiger partial charge in [0.15, 0.2) is 6.10 Å². The lowest BCUT2D eigenvalue weighted by molar-refractivity contribution is -0.127. The van der Waals surface area contributed by atoms with Crippen molar-refractivity contribution in [3.63, 3.8) is 0 Å². The molecule has 2 aromatic carbocycles. The molecule has 122 valence electrons. The van der Waals surface area contributed by atoms with Gasteiger partial charge in [0, 0.05) is 0 Å². The molecule has 0 aliphatic rings. The molecule has 2 aromatic rings. The molecule has 0 bridgehead atoms. The average molecular weight is 313 g/mol. The monoisotopic (exact) mass is 313 g/mol. The van der Waals surface area contributed by atoms with Gasteiger partial charge in [-0.1, -0.05) is 30.3 Å². The van der Waals surface area contributed by atoms with Crippen LogP contribution in [0.15, 0.2) is 48.5 Å². The quantitative estimate of drug-likeness (QED) is 0.798. The predicted molar refractivity (Wildman–Crippen MR) is 91.0 cm³/mol. The fraction of sp³-hybridized carbons (Fsp3) is 0.316. The van der Waals surface area contributed by atoms with Crippen LogP contribution in [-0.2, 0) is 4.79 Å². The molecule has 1 N–H and O–H groups in total. The Morgan fingerprint density at radius 1 is 1.13 bits per heavy atom. The van der Waals surface area contributed by atoms with Crippen LogP contribution in [0, 0.1) is 13.8 Å². The van der Waals surface area contributed by atoms with Gasteiger partial charge in [0.1, 0.15) is 18.1 Å². The van der Waals surface area contributed by atoms with Crippen molar-refractivity contribution in [3.05, 3.63) is 59.7 Å². The Bertz CT molecular complexity index is 640. The number of nitrogens with one attached hydrogen (secondary N) is 1. The number of benzene rings is 2. The Kier molecular flexibility index (Phi) is 6.03. The molecule has 1 atom stereocenters. The van der Waals surface area contributed by atoms with Gasteiger partial charge in [-0.3, -0.25) is 4.79 Å². The van der Waals surface area contributed by atoms with Crippen LogP contribution in [-0.4, -0.2) is 25.2 Å². The molecule has 0 aliphatic heterocycles. The lowest BCUT2D eigenvalue weighted by Crippen LogP contribution is -2.38. The molecule has 2 rings (SSSR count). The van der Waals surface area contributed by atoms with Crippen molar-refractivity contribution in [1.29, 1.82) is 0 Å². The zero-order valence-corrected chi connectivity index (χ0v) is 13.8. The normalized spacial score (nSPS) is 11.6. The SMILES string of the molecule is Cc1ccc(C)c(OCCNC(=O)[C@@H](C)Oc2ccccc2)c1. The fourth-order valence-electron chi connectivity index (χ4n) is 2.10. The molecule has 0 fully saturated rings. The van der Waals surface area contributed by atoms with Gasteiger partial charge in [-0.25, -0.2) is 0 Å². The molecule has 0 saturated heterocycles. The number of rotatable bonds is 7. The van der Waals surface area contributed by atoms with E-state index >= 15 is 0 Å². The molecule has 0 saturated carbocycles. The van der Waals surface area contributed by atoms with Crippen molar-refractivity contribution in [2.24, 2.45) is 0 Å². The lowest BCUT2D eigenvalue weighted by atomic mass is 10.1. The Hall–Kier alpha value is -2.49. The highest BCUT2D eigenvalue weighted by molar-refractivity contribution is 5.80. The maximum atomic E-state index is 12.0. The number of carbonyl (C=O) groups is 1. The van der Waals surface area contributed by atoms with Crippen molar-refractivity contribution < 1.29 is 14.3 Å². The highest BCUT2D eigenvalue weighted by Gasteiger charge is 2.13. The van der Waals surface area contributed by atoms with E-state index in [4.69, 9.17) is 9.47 Å². The van der Waals surface area contributed by atoms with Crippen LogP contribution in [0.2, 0.25) is 0 Å². The minimum absolute atomic E-state index is 0.154. The lowest BCUT2D eigenvalue weighted by Gasteiger charge is -2.15. The Morgan fingerprint density at radius 3 is 2.61 bits per heavy atom. The van der Waals surface area contributed by atoms with E-state index in [1.807, 2.05) is 62.4 Å². The van der Waals surface area contributed by atoms with Gasteiger partial charge < -0.3 is 14.8 Å². The van der Waals surface area contributed by atoms with Crippen LogP contribution < -0.4 is 14.8 Å². The van der Waals surface area contributed by atoms with E-state index in [1.54, 1.807) is 6.92 Å². The first-order chi connectivity index (χ1) is 11.1. The zero-order valence-electron chi connectivity index (χ0n) is 13.8. The summed E-state index contributed by atoms with van der Waals surface area (Å²) in [6.45, 7) is 6.62. The van der Waals surface area contributed by atoms with Crippen LogP contribution in [0.1, 0.15) is 18.1 Å². The third-order valence-electron chi connectivity index (χ3n) is 3.43. The largest absolute Gasteiger partial charge is 0.491 e. The molecule has 0 heterocycles. The van der Waals surface area contributed by atoms with Gasteiger partial charge in [0.2, 0.25) is 0 Å². The van der Waals surface area contributed by atoms with Crippen LogP contribution in [0.5, 0.6) is 11.5 Å². The summed E-state index contributed by atoms with van der Waals surface area (Å²) in [5.74, 6) is 1.38. The van der Waals surface area contributed by atoms with Gasteiger partial charge in [0.05, 0.1) is 6.54 Å². The highest BCUT2D eigenvalue weighted by atomic mass is 16.5. The molecular formula is C19H23NO3. The van der Waals surface area contributed by atoms with Gasteiger partial charge in [-0.05, 0) is 50.1 Å². The Labute approximate surface area is 137 Å². The van der Waals surface area contributed by atoms with E-state index in [-0.39, 0.29) is 5.91 Å². The average Bonchev–Trinajstić information content (AvgIpc) is 2.55. The topological polar surface area (TPSA) is 47.6 Å². The highest BCUT2D eigenvalue weighted by Crippen LogP contribution is 2.18. The zero-order chi connectivity index (χ0) is 16.7. The smallest absolute Gasteiger partial charge is 0.260 e. The Balaban J connectivity index is 1.73. The Morgan fingerprint density at radius 2 is 1.87 bits per heavy atom. The van der Waals surface area contributed by atoms with E-state index in [9.17, 15) is 4.79 Å². The number of hydrogen-bond donors (Lipinski definition) is 1. The number of para-hydroxylation sites is 1. The van der Waals surface area contributed by atoms with Crippen molar-refractivity contribution >= 4 is 5.91 Å². The van der Waals surface area contributed by atoms with E-state index in [1.165, 1.54) is 0 Å². The standard InChI is InChI=1S/C19H23NO3/c1-14-9-10-15(2)18(13-14)22-12-11-20-19(21)16(3)23-17-7-5-4-6-8-17/h4-10,13,16H,11-12H2,1-3H3,(H,20,21)/t16-/m1/s1. The summed E-state index contributed by atoms with van der Waals surface area (Å²) in [6.07, 6.45) is -0.543. The molecule has 0 radical (unpaired) electrons. The minimum atomic E-state index is -0.543. The maximum absolute atomic E-state index is 12.0. The molecule has 0 aromatic heterocycles. The first kappa shape index (κ1) is 16.9. The van der Waals surface area contributed by atoms with Crippen molar-refractivity contribution in [1.82, 2.24) is 5.32 Å². The first-order valence-corrected chi connectivity index (χ1v) is 7.76. The summed E-state index contributed by atoms with van der Waals surface area (Å²) in [4.78, 5) is 12.0. The summed E-state index contributed by atoms with van der Waals surface area (Å²) in [5, 5.41) is 2.82. The second-order valence-corrected chi connectivity index (χ2v) is 5.48. The molecule has 23 heavy (non-hydrogen) atoms. The van der Waals surface area contributed by atoms with Gasteiger partial charge >= 0.3 is 0 Å². The molecule has 0 aliphatic carbocycles. The van der Waals surface area contributed by atoms with Gasteiger partial charge in [-0.2, -0.15) is 0 Å².